The second kappa shape index (κ2) is 11.6. The number of benzene rings is 3. The van der Waals surface area contributed by atoms with Gasteiger partial charge in [0.05, 0.1) is 24.2 Å². The molecular formula is C29H30ClFN6O2. The van der Waals surface area contributed by atoms with Crippen LogP contribution in [0.15, 0.2) is 42.5 Å². The number of aromatic hydroxyl groups is 1. The quantitative estimate of drug-likeness (QED) is 0.245. The highest BCUT2D eigenvalue weighted by Crippen LogP contribution is 2.42. The van der Waals surface area contributed by atoms with Crippen molar-refractivity contribution in [1.82, 2.24) is 19.8 Å². The zero-order valence-corrected chi connectivity index (χ0v) is 22.7. The fourth-order valence-corrected chi connectivity index (χ4v) is 5.27. The lowest BCUT2D eigenvalue weighted by atomic mass is 9.96. The highest BCUT2D eigenvalue weighted by atomic mass is 35.5. The molecule has 1 saturated heterocycles. The number of phenolic OH excluding ortho intramolecular Hbond substituents is 1. The molecule has 202 valence electrons. The predicted molar refractivity (Wildman–Crippen MR) is 152 cm³/mol. The second-order valence-electron chi connectivity index (χ2n) is 9.91. The van der Waals surface area contributed by atoms with Gasteiger partial charge in [-0.3, -0.25) is 4.90 Å². The van der Waals surface area contributed by atoms with Crippen molar-refractivity contribution in [2.24, 2.45) is 0 Å². The molecular weight excluding hydrogens is 519 g/mol. The smallest absolute Gasteiger partial charge is 0.319 e. The van der Waals surface area contributed by atoms with Gasteiger partial charge < -0.3 is 19.6 Å². The van der Waals surface area contributed by atoms with Gasteiger partial charge in [0.1, 0.15) is 17.1 Å². The molecule has 1 aliphatic rings. The van der Waals surface area contributed by atoms with Gasteiger partial charge in [-0.15, -0.1) is 0 Å². The highest BCUT2D eigenvalue weighted by Gasteiger charge is 2.25. The summed E-state index contributed by atoms with van der Waals surface area (Å²) in [6.45, 7) is 4.18. The zero-order valence-electron chi connectivity index (χ0n) is 22.0. The molecule has 0 aliphatic carbocycles. The van der Waals surface area contributed by atoms with E-state index in [0.29, 0.717) is 56.1 Å². The average molecular weight is 549 g/mol. The van der Waals surface area contributed by atoms with E-state index >= 15 is 4.39 Å². The van der Waals surface area contributed by atoms with Gasteiger partial charge in [0.2, 0.25) is 0 Å². The first-order chi connectivity index (χ1) is 18.9. The molecule has 39 heavy (non-hydrogen) atoms. The van der Waals surface area contributed by atoms with E-state index in [-0.39, 0.29) is 27.9 Å². The van der Waals surface area contributed by atoms with Crippen LogP contribution in [0.1, 0.15) is 6.42 Å². The van der Waals surface area contributed by atoms with Crippen molar-refractivity contribution in [3.63, 3.8) is 0 Å². The molecule has 3 aromatic carbocycles. The van der Waals surface area contributed by atoms with Crippen molar-refractivity contribution in [3.05, 3.63) is 53.3 Å². The van der Waals surface area contributed by atoms with Gasteiger partial charge in [0, 0.05) is 43.7 Å². The van der Waals surface area contributed by atoms with E-state index in [9.17, 15) is 5.11 Å². The number of halogens is 2. The topological polar surface area (TPSA) is 88.8 Å². The molecule has 1 fully saturated rings. The largest absolute Gasteiger partial charge is 0.508 e. The summed E-state index contributed by atoms with van der Waals surface area (Å²) < 4.78 is 22.4. The number of fused-ring (bicyclic) bond motifs is 2. The summed E-state index contributed by atoms with van der Waals surface area (Å²) in [7, 11) is 3.98. The second-order valence-corrected chi connectivity index (χ2v) is 10.3. The molecule has 0 atom stereocenters. The van der Waals surface area contributed by atoms with Gasteiger partial charge in [0.15, 0.2) is 5.82 Å². The third-order valence-electron chi connectivity index (χ3n) is 6.91. The van der Waals surface area contributed by atoms with Gasteiger partial charge in [-0.1, -0.05) is 35.9 Å². The van der Waals surface area contributed by atoms with Crippen LogP contribution < -0.4 is 9.64 Å². The van der Waals surface area contributed by atoms with E-state index in [2.05, 4.69) is 25.8 Å². The molecule has 5 rings (SSSR count). The van der Waals surface area contributed by atoms with Crippen molar-refractivity contribution < 1.29 is 14.2 Å². The molecule has 0 unspecified atom stereocenters. The lowest BCUT2D eigenvalue weighted by Gasteiger charge is -2.34. The number of nitriles is 1. The first-order valence-corrected chi connectivity index (χ1v) is 13.3. The number of ether oxygens (including phenoxy) is 1. The van der Waals surface area contributed by atoms with Crippen molar-refractivity contribution in [2.45, 2.75) is 6.42 Å². The van der Waals surface area contributed by atoms with Gasteiger partial charge in [0.25, 0.3) is 0 Å². The van der Waals surface area contributed by atoms with Crippen LogP contribution in [-0.2, 0) is 0 Å². The Bertz CT molecular complexity index is 1550. The van der Waals surface area contributed by atoms with Crippen LogP contribution in [0.4, 0.5) is 10.2 Å². The number of aromatic nitrogens is 2. The van der Waals surface area contributed by atoms with E-state index in [1.54, 1.807) is 12.1 Å². The van der Waals surface area contributed by atoms with Crippen LogP contribution in [-0.4, -0.2) is 84.8 Å². The maximum Gasteiger partial charge on any atom is 0.319 e. The summed E-state index contributed by atoms with van der Waals surface area (Å²) in [5.41, 5.74) is 0.751. The summed E-state index contributed by atoms with van der Waals surface area (Å²) in [5.74, 6) is -0.0340. The van der Waals surface area contributed by atoms with Crippen molar-refractivity contribution >= 4 is 39.1 Å². The van der Waals surface area contributed by atoms with Gasteiger partial charge in [-0.05, 0) is 55.1 Å². The molecule has 1 aliphatic heterocycles. The van der Waals surface area contributed by atoms with Gasteiger partial charge in [-0.25, -0.2) is 4.39 Å². The van der Waals surface area contributed by atoms with Gasteiger partial charge >= 0.3 is 6.01 Å². The molecule has 1 aromatic heterocycles. The third-order valence-corrected chi connectivity index (χ3v) is 7.20. The molecule has 0 amide bonds. The van der Waals surface area contributed by atoms with E-state index in [4.69, 9.17) is 26.6 Å². The van der Waals surface area contributed by atoms with Crippen LogP contribution >= 0.6 is 11.6 Å². The highest BCUT2D eigenvalue weighted by molar-refractivity contribution is 6.35. The summed E-state index contributed by atoms with van der Waals surface area (Å²) in [5, 5.41) is 21.7. The summed E-state index contributed by atoms with van der Waals surface area (Å²) in [4.78, 5) is 15.4. The Morgan fingerprint density at radius 2 is 1.87 bits per heavy atom. The minimum Gasteiger partial charge on any atom is -0.508 e. The molecule has 0 spiro atoms. The van der Waals surface area contributed by atoms with Crippen LogP contribution in [0.2, 0.25) is 5.02 Å². The minimum absolute atomic E-state index is 0.0165. The molecule has 0 saturated carbocycles. The van der Waals surface area contributed by atoms with Crippen LogP contribution in [0.5, 0.6) is 11.8 Å². The monoisotopic (exact) mass is 548 g/mol. The Morgan fingerprint density at radius 3 is 2.62 bits per heavy atom. The lowest BCUT2D eigenvalue weighted by Crippen LogP contribution is -2.46. The van der Waals surface area contributed by atoms with Gasteiger partial charge in [-0.2, -0.15) is 15.2 Å². The maximum atomic E-state index is 16.5. The SMILES string of the molecule is CN(C)CCCOc1nc(N2CCN(CC#N)CC2)c2cc(Cl)c(-c3cc(O)cc4ccccc34)c(F)c2n1. The molecule has 0 radical (unpaired) electrons. The fourth-order valence-electron chi connectivity index (χ4n) is 4.98. The minimum atomic E-state index is -0.599. The standard InChI is InChI=1S/C29H30ClFN6O2/c1-35(2)9-5-15-39-29-33-27-23(28(34-29)37-13-11-36(10-8-32)12-14-37)18-24(30)25(26(27)31)22-17-20(38)16-19-6-3-4-7-21(19)22/h3-4,6-7,16-18,38H,5,9-15H2,1-2H3. The van der Waals surface area contributed by atoms with Crippen LogP contribution in [0, 0.1) is 17.1 Å². The summed E-state index contributed by atoms with van der Waals surface area (Å²) >= 11 is 6.77. The maximum absolute atomic E-state index is 16.5. The van der Waals surface area contributed by atoms with Crippen LogP contribution in [0.25, 0.3) is 32.8 Å². The van der Waals surface area contributed by atoms with Crippen molar-refractivity contribution in [2.75, 3.05) is 64.9 Å². The third kappa shape index (κ3) is 5.69. The van der Waals surface area contributed by atoms with Crippen molar-refractivity contribution in [1.29, 1.82) is 5.26 Å². The Hall–Kier alpha value is -3.71. The number of nitrogens with zero attached hydrogens (tertiary/aromatic N) is 6. The number of hydrogen-bond donors (Lipinski definition) is 1. The predicted octanol–water partition coefficient (Wildman–Crippen LogP) is 4.92. The molecule has 10 heteroatoms. The van der Waals surface area contributed by atoms with Crippen molar-refractivity contribution in [3.8, 4) is 29.0 Å². The first-order valence-electron chi connectivity index (χ1n) is 12.9. The van der Waals surface area contributed by atoms with Crippen LogP contribution in [0.3, 0.4) is 0 Å². The fraction of sp³-hybridized carbons (Fsp3) is 0.345. The zero-order chi connectivity index (χ0) is 27.5. The average Bonchev–Trinajstić information content (AvgIpc) is 2.91. The summed E-state index contributed by atoms with van der Waals surface area (Å²) in [6, 6.07) is 14.6. The number of anilines is 1. The Labute approximate surface area is 231 Å². The first kappa shape index (κ1) is 26.9. The molecule has 8 nitrogen and oxygen atoms in total. The Balaban J connectivity index is 1.63. The number of piperazine rings is 1. The molecule has 0 bridgehead atoms. The lowest BCUT2D eigenvalue weighted by molar-refractivity contribution is 0.263. The molecule has 1 N–H and O–H groups in total. The molecule has 4 aromatic rings. The van der Waals surface area contributed by atoms with E-state index in [0.717, 1.165) is 23.7 Å². The Morgan fingerprint density at radius 1 is 1.10 bits per heavy atom. The molecule has 2 heterocycles. The van der Waals surface area contributed by atoms with E-state index < -0.39 is 5.82 Å². The number of hydrogen-bond acceptors (Lipinski definition) is 8. The Kier molecular flexibility index (Phi) is 7.98. The number of phenols is 1. The van der Waals surface area contributed by atoms with E-state index in [1.807, 2.05) is 38.4 Å². The number of rotatable bonds is 8. The van der Waals surface area contributed by atoms with E-state index in [1.165, 1.54) is 6.07 Å². The normalized spacial score (nSPS) is 14.3. The summed E-state index contributed by atoms with van der Waals surface area (Å²) in [6.07, 6.45) is 0.764.